The van der Waals surface area contributed by atoms with E-state index < -0.39 is 0 Å². The molecule has 17 heavy (non-hydrogen) atoms. The van der Waals surface area contributed by atoms with Gasteiger partial charge in [-0.3, -0.25) is 4.90 Å². The molecule has 0 aliphatic carbocycles. The zero-order chi connectivity index (χ0) is 13.1. The molecule has 0 aromatic rings. The molecule has 0 saturated heterocycles. The SMILES string of the molecule is C=C(CNCCC)CN(CCOC)C(C)CC. The third kappa shape index (κ3) is 8.36. The molecule has 0 aromatic carbocycles. The van der Waals surface area contributed by atoms with Crippen LogP contribution in [0.2, 0.25) is 0 Å². The Morgan fingerprint density at radius 1 is 1.41 bits per heavy atom. The lowest BCUT2D eigenvalue weighted by Gasteiger charge is -2.29. The summed E-state index contributed by atoms with van der Waals surface area (Å²) in [5.41, 5.74) is 1.26. The minimum Gasteiger partial charge on any atom is -0.383 e. The van der Waals surface area contributed by atoms with Gasteiger partial charge in [-0.2, -0.15) is 0 Å². The van der Waals surface area contributed by atoms with Crippen LogP contribution in [0.4, 0.5) is 0 Å². The van der Waals surface area contributed by atoms with Crippen LogP contribution in [0.15, 0.2) is 12.2 Å². The van der Waals surface area contributed by atoms with Crippen molar-refractivity contribution in [2.45, 2.75) is 39.7 Å². The number of ether oxygens (including phenoxy) is 1. The standard InChI is InChI=1S/C14H30N2O/c1-6-8-15-11-13(3)12-16(9-10-17-5)14(4)7-2/h14-15H,3,6-12H2,1-2,4-5H3. The topological polar surface area (TPSA) is 24.5 Å². The Kier molecular flexibility index (Phi) is 10.5. The Hall–Kier alpha value is -0.380. The van der Waals surface area contributed by atoms with Crippen molar-refractivity contribution in [3.8, 4) is 0 Å². The maximum atomic E-state index is 5.16. The molecule has 3 heteroatoms. The molecule has 0 heterocycles. The minimum absolute atomic E-state index is 0.591. The van der Waals surface area contributed by atoms with E-state index in [-0.39, 0.29) is 0 Å². The van der Waals surface area contributed by atoms with Crippen molar-refractivity contribution in [2.75, 3.05) is 39.9 Å². The summed E-state index contributed by atoms with van der Waals surface area (Å²) >= 11 is 0. The lowest BCUT2D eigenvalue weighted by molar-refractivity contribution is 0.129. The molecular formula is C14H30N2O. The fourth-order valence-corrected chi connectivity index (χ4v) is 1.71. The van der Waals surface area contributed by atoms with Gasteiger partial charge >= 0.3 is 0 Å². The summed E-state index contributed by atoms with van der Waals surface area (Å²) in [5.74, 6) is 0. The second kappa shape index (κ2) is 10.8. The van der Waals surface area contributed by atoms with Crippen molar-refractivity contribution in [3.63, 3.8) is 0 Å². The number of hydrogen-bond acceptors (Lipinski definition) is 3. The summed E-state index contributed by atoms with van der Waals surface area (Å²) in [6.07, 6.45) is 2.34. The Bertz CT molecular complexity index is 195. The summed E-state index contributed by atoms with van der Waals surface area (Å²) in [6, 6.07) is 0.591. The Morgan fingerprint density at radius 3 is 2.65 bits per heavy atom. The molecule has 0 saturated carbocycles. The number of hydrogen-bond donors (Lipinski definition) is 1. The summed E-state index contributed by atoms with van der Waals surface area (Å²) in [4.78, 5) is 2.44. The monoisotopic (exact) mass is 242 g/mol. The highest BCUT2D eigenvalue weighted by Crippen LogP contribution is 2.06. The summed E-state index contributed by atoms with van der Waals surface area (Å²) < 4.78 is 5.16. The van der Waals surface area contributed by atoms with E-state index in [2.05, 4.69) is 37.6 Å². The van der Waals surface area contributed by atoms with Crippen molar-refractivity contribution in [1.82, 2.24) is 10.2 Å². The average Bonchev–Trinajstić information content (AvgIpc) is 2.33. The first-order chi connectivity index (χ1) is 8.15. The predicted octanol–water partition coefficient (Wildman–Crippen LogP) is 2.29. The quantitative estimate of drug-likeness (QED) is 0.444. The van der Waals surface area contributed by atoms with Gasteiger partial charge in [-0.15, -0.1) is 0 Å². The van der Waals surface area contributed by atoms with E-state index in [9.17, 15) is 0 Å². The van der Waals surface area contributed by atoms with E-state index in [0.717, 1.165) is 32.8 Å². The fourth-order valence-electron chi connectivity index (χ4n) is 1.71. The van der Waals surface area contributed by atoms with E-state index in [1.807, 2.05) is 0 Å². The number of rotatable bonds is 11. The highest BCUT2D eigenvalue weighted by atomic mass is 16.5. The van der Waals surface area contributed by atoms with Crippen molar-refractivity contribution in [3.05, 3.63) is 12.2 Å². The molecule has 0 aliphatic rings. The summed E-state index contributed by atoms with van der Waals surface area (Å²) in [5, 5.41) is 3.40. The van der Waals surface area contributed by atoms with Crippen LogP contribution < -0.4 is 5.32 Å². The molecule has 0 spiro atoms. The predicted molar refractivity (Wildman–Crippen MR) is 75.5 cm³/mol. The van der Waals surface area contributed by atoms with E-state index in [4.69, 9.17) is 4.74 Å². The van der Waals surface area contributed by atoms with Gasteiger partial charge in [-0.25, -0.2) is 0 Å². The number of methoxy groups -OCH3 is 1. The lowest BCUT2D eigenvalue weighted by Crippen LogP contribution is -2.38. The van der Waals surface area contributed by atoms with Crippen LogP contribution in [0.1, 0.15) is 33.6 Å². The van der Waals surface area contributed by atoms with E-state index in [1.54, 1.807) is 7.11 Å². The van der Waals surface area contributed by atoms with Crippen LogP contribution in [-0.4, -0.2) is 50.8 Å². The molecule has 0 aliphatic heterocycles. The Morgan fingerprint density at radius 2 is 2.12 bits per heavy atom. The van der Waals surface area contributed by atoms with Crippen LogP contribution in [0.5, 0.6) is 0 Å². The molecule has 0 aromatic heterocycles. The van der Waals surface area contributed by atoms with Gasteiger partial charge in [0.15, 0.2) is 0 Å². The summed E-state index contributed by atoms with van der Waals surface area (Å²) in [6.45, 7) is 15.6. The lowest BCUT2D eigenvalue weighted by atomic mass is 10.2. The molecule has 1 N–H and O–H groups in total. The second-order valence-corrected chi connectivity index (χ2v) is 4.65. The maximum Gasteiger partial charge on any atom is 0.0589 e. The molecule has 0 amide bonds. The number of nitrogens with zero attached hydrogens (tertiary/aromatic N) is 1. The first-order valence-electron chi connectivity index (χ1n) is 6.76. The molecule has 3 nitrogen and oxygen atoms in total. The van der Waals surface area contributed by atoms with Gasteiger partial charge in [0.25, 0.3) is 0 Å². The highest BCUT2D eigenvalue weighted by Gasteiger charge is 2.12. The zero-order valence-electron chi connectivity index (χ0n) is 12.1. The third-order valence-corrected chi connectivity index (χ3v) is 3.03. The Balaban J connectivity index is 3.99. The van der Waals surface area contributed by atoms with Gasteiger partial charge in [0, 0.05) is 32.8 Å². The molecular weight excluding hydrogens is 212 g/mol. The molecule has 0 bridgehead atoms. The zero-order valence-corrected chi connectivity index (χ0v) is 12.1. The van der Waals surface area contributed by atoms with Gasteiger partial charge in [0.1, 0.15) is 0 Å². The number of nitrogens with one attached hydrogen (secondary N) is 1. The van der Waals surface area contributed by atoms with Crippen LogP contribution in [0.25, 0.3) is 0 Å². The van der Waals surface area contributed by atoms with Gasteiger partial charge in [-0.05, 0) is 31.9 Å². The van der Waals surface area contributed by atoms with Crippen molar-refractivity contribution < 1.29 is 4.74 Å². The maximum absolute atomic E-state index is 5.16. The molecule has 0 rings (SSSR count). The summed E-state index contributed by atoms with van der Waals surface area (Å²) in [7, 11) is 1.76. The van der Waals surface area contributed by atoms with E-state index >= 15 is 0 Å². The third-order valence-electron chi connectivity index (χ3n) is 3.03. The van der Waals surface area contributed by atoms with Crippen molar-refractivity contribution in [1.29, 1.82) is 0 Å². The second-order valence-electron chi connectivity index (χ2n) is 4.65. The smallest absolute Gasteiger partial charge is 0.0589 e. The average molecular weight is 242 g/mol. The van der Waals surface area contributed by atoms with Crippen molar-refractivity contribution >= 4 is 0 Å². The molecule has 102 valence electrons. The molecule has 0 radical (unpaired) electrons. The van der Waals surface area contributed by atoms with Crippen LogP contribution in [-0.2, 0) is 4.74 Å². The molecule has 1 atom stereocenters. The largest absolute Gasteiger partial charge is 0.383 e. The first-order valence-corrected chi connectivity index (χ1v) is 6.76. The van der Waals surface area contributed by atoms with Gasteiger partial charge in [-0.1, -0.05) is 20.4 Å². The minimum atomic E-state index is 0.591. The van der Waals surface area contributed by atoms with Crippen molar-refractivity contribution in [2.24, 2.45) is 0 Å². The van der Waals surface area contributed by atoms with Crippen LogP contribution in [0.3, 0.4) is 0 Å². The van der Waals surface area contributed by atoms with E-state index in [1.165, 1.54) is 18.4 Å². The highest BCUT2D eigenvalue weighted by molar-refractivity contribution is 5.00. The van der Waals surface area contributed by atoms with Gasteiger partial charge < -0.3 is 10.1 Å². The Labute approximate surface area is 107 Å². The van der Waals surface area contributed by atoms with Gasteiger partial charge in [0.05, 0.1) is 6.61 Å². The van der Waals surface area contributed by atoms with E-state index in [0.29, 0.717) is 6.04 Å². The fraction of sp³-hybridized carbons (Fsp3) is 0.857. The molecule has 1 unspecified atom stereocenters. The van der Waals surface area contributed by atoms with Crippen LogP contribution in [0, 0.1) is 0 Å². The first kappa shape index (κ1) is 16.6. The van der Waals surface area contributed by atoms with Gasteiger partial charge in [0.2, 0.25) is 0 Å². The normalized spacial score (nSPS) is 13.0. The van der Waals surface area contributed by atoms with Crippen LogP contribution >= 0.6 is 0 Å². The molecule has 0 fully saturated rings.